The van der Waals surface area contributed by atoms with E-state index in [-0.39, 0.29) is 67.2 Å². The summed E-state index contributed by atoms with van der Waals surface area (Å²) in [6.45, 7) is 3.21. The first-order valence-electron chi connectivity index (χ1n) is 20.5. The molecule has 2 amide bonds. The van der Waals surface area contributed by atoms with Gasteiger partial charge in [-0.15, -0.1) is 23.2 Å². The van der Waals surface area contributed by atoms with Crippen molar-refractivity contribution in [2.24, 2.45) is 0 Å². The summed E-state index contributed by atoms with van der Waals surface area (Å²) in [5.74, 6) is -1.31. The van der Waals surface area contributed by atoms with E-state index in [1.54, 1.807) is 70.4 Å². The standard InChI is InChI=1S/C22H21ClFN3O3S2.C16H17BrClN3O3S2.C6H6BFO2/c1-13-21(32(29,30)26-19-12-17(19)23)31-22(25-13)27(2)20(28)11-14-7-9-15(10-8-14)16-5-3-4-6-18(16)24;1-9-15(26(23,24)20-13-8-12(13)18)25-16(19-9)21(2)14(22)7-10-3-5-11(17)6-4-10;8-6-4-2-1-3-5(6)7(9)10/h3-10,17,19,26H,11-12H2,1-2H3;3-6,12-13,20H,7-8H2,1-2H3;1-4,9-10H. The Hall–Kier alpha value is -4.20. The van der Waals surface area contributed by atoms with Crippen LogP contribution in [0.15, 0.2) is 110 Å². The zero-order chi connectivity index (χ0) is 49.7. The van der Waals surface area contributed by atoms with Crippen molar-refractivity contribution < 1.29 is 45.3 Å². The summed E-state index contributed by atoms with van der Waals surface area (Å²) < 4.78 is 82.9. The Labute approximate surface area is 419 Å². The molecule has 2 aromatic heterocycles. The minimum atomic E-state index is -3.74. The second-order valence-electron chi connectivity index (χ2n) is 15.7. The van der Waals surface area contributed by atoms with Crippen molar-refractivity contribution in [3.05, 3.63) is 136 Å². The third-order valence-electron chi connectivity index (χ3n) is 10.3. The molecule has 4 aromatic carbocycles. The van der Waals surface area contributed by atoms with Crippen LogP contribution in [0.5, 0.6) is 0 Å². The molecule has 0 aliphatic heterocycles. The summed E-state index contributed by atoms with van der Waals surface area (Å²) in [6, 6.07) is 26.1. The molecule has 8 rings (SSSR count). The molecule has 24 heteroatoms. The van der Waals surface area contributed by atoms with Crippen molar-refractivity contribution in [2.45, 2.75) is 70.8 Å². The summed E-state index contributed by atoms with van der Waals surface area (Å²) >= 11 is 17.1. The summed E-state index contributed by atoms with van der Waals surface area (Å²) in [4.78, 5) is 36.6. The summed E-state index contributed by atoms with van der Waals surface area (Å²) in [7, 11) is -5.99. The van der Waals surface area contributed by atoms with Crippen molar-refractivity contribution in [3.63, 3.8) is 0 Å². The third kappa shape index (κ3) is 14.0. The van der Waals surface area contributed by atoms with Crippen molar-refractivity contribution in [1.29, 1.82) is 0 Å². The van der Waals surface area contributed by atoms with Crippen LogP contribution in [0.4, 0.5) is 19.0 Å². The number of sulfonamides is 2. The van der Waals surface area contributed by atoms with Gasteiger partial charge in [-0.3, -0.25) is 19.4 Å². The topological polar surface area (TPSA) is 199 Å². The minimum absolute atomic E-state index is 0.0807. The molecule has 0 spiro atoms. The van der Waals surface area contributed by atoms with Gasteiger partial charge in [0.2, 0.25) is 11.8 Å². The van der Waals surface area contributed by atoms with Gasteiger partial charge in [0.05, 0.1) is 35.0 Å². The number of halogens is 5. The van der Waals surface area contributed by atoms with E-state index < -0.39 is 33.0 Å². The summed E-state index contributed by atoms with van der Waals surface area (Å²) in [5.41, 5.74) is 3.45. The molecule has 4 unspecified atom stereocenters. The molecular weight excluding hydrogens is 1070 g/mol. The Bertz CT molecular complexity index is 2990. The number of amides is 2. The predicted octanol–water partition coefficient (Wildman–Crippen LogP) is 6.70. The van der Waals surface area contributed by atoms with Gasteiger partial charge < -0.3 is 10.0 Å². The van der Waals surface area contributed by atoms with E-state index in [1.807, 2.05) is 24.3 Å². The smallest absolute Gasteiger partial charge is 0.423 e. The van der Waals surface area contributed by atoms with Gasteiger partial charge in [-0.25, -0.2) is 45.0 Å². The molecule has 2 saturated carbocycles. The molecule has 2 aliphatic rings. The SMILES string of the molecule is Cc1nc(N(C)C(=O)Cc2ccc(-c3ccccc3F)cc2)sc1S(=O)(=O)NC1CC1Cl.Cc1nc(N(C)C(=O)Cc2ccc(Br)cc2)sc1S(=O)(=O)NC1CC1Cl.OB(O)c1ccccc1F. The Balaban J connectivity index is 0.000000189. The lowest BCUT2D eigenvalue weighted by atomic mass is 9.80. The highest BCUT2D eigenvalue weighted by Crippen LogP contribution is 2.35. The molecule has 0 bridgehead atoms. The van der Waals surface area contributed by atoms with Crippen LogP contribution < -0.4 is 24.7 Å². The van der Waals surface area contributed by atoms with Crippen LogP contribution in [-0.4, -0.2) is 92.7 Å². The molecule has 4 atom stereocenters. The van der Waals surface area contributed by atoms with Gasteiger partial charge in [0.1, 0.15) is 11.6 Å². The highest BCUT2D eigenvalue weighted by Gasteiger charge is 2.41. The summed E-state index contributed by atoms with van der Waals surface area (Å²) in [5, 5.41) is 17.3. The van der Waals surface area contributed by atoms with Crippen LogP contribution in [0.3, 0.4) is 0 Å². The Kier molecular flexibility index (Phi) is 17.7. The van der Waals surface area contributed by atoms with Crippen molar-refractivity contribution in [1.82, 2.24) is 19.4 Å². The van der Waals surface area contributed by atoms with Gasteiger partial charge >= 0.3 is 7.12 Å². The fourth-order valence-electron chi connectivity index (χ4n) is 6.18. The lowest BCUT2D eigenvalue weighted by Crippen LogP contribution is -2.32. The number of rotatable bonds is 14. The predicted molar refractivity (Wildman–Crippen MR) is 267 cm³/mol. The number of thiazole rings is 2. The van der Waals surface area contributed by atoms with E-state index in [0.717, 1.165) is 43.8 Å². The van der Waals surface area contributed by atoms with E-state index in [0.29, 0.717) is 40.1 Å². The first-order chi connectivity index (χ1) is 32.0. The zero-order valence-electron chi connectivity index (χ0n) is 36.6. The Morgan fingerprint density at radius 3 is 1.49 bits per heavy atom. The number of hydrogen-bond acceptors (Lipinski definition) is 12. The number of aromatic nitrogens is 2. The fraction of sp³-hybridized carbons (Fsp3) is 0.273. The second-order valence-corrected chi connectivity index (χ2v) is 23.5. The number of anilines is 2. The second kappa shape index (κ2) is 22.7. The molecule has 0 radical (unpaired) electrons. The number of nitrogens with one attached hydrogen (secondary N) is 2. The third-order valence-corrected chi connectivity index (χ3v) is 18.4. The molecule has 2 aliphatic carbocycles. The van der Waals surface area contributed by atoms with Gasteiger partial charge in [0.25, 0.3) is 20.0 Å². The van der Waals surface area contributed by atoms with Crippen LogP contribution in [0.25, 0.3) is 11.1 Å². The molecule has 14 nitrogen and oxygen atoms in total. The van der Waals surface area contributed by atoms with Crippen LogP contribution in [-0.2, 0) is 42.5 Å². The highest BCUT2D eigenvalue weighted by atomic mass is 79.9. The van der Waals surface area contributed by atoms with Gasteiger partial charge in [-0.05, 0) is 67.6 Å². The maximum Gasteiger partial charge on any atom is 0.491 e. The van der Waals surface area contributed by atoms with E-state index in [1.165, 1.54) is 40.1 Å². The first kappa shape index (κ1) is 53.2. The molecule has 2 fully saturated rings. The van der Waals surface area contributed by atoms with Gasteiger partial charge in [0.15, 0.2) is 18.7 Å². The number of hydrogen-bond donors (Lipinski definition) is 4. The fourth-order valence-corrected chi connectivity index (χ4v) is 12.7. The maximum absolute atomic E-state index is 14.0. The molecule has 0 saturated heterocycles. The lowest BCUT2D eigenvalue weighted by molar-refractivity contribution is -0.118. The average molecular weight is 1110 g/mol. The number of likely N-dealkylation sites (N-methyl/N-ethyl adjacent to an activating group) is 2. The molecule has 68 heavy (non-hydrogen) atoms. The zero-order valence-corrected chi connectivity index (χ0v) is 43.0. The van der Waals surface area contributed by atoms with Crippen LogP contribution in [0.1, 0.15) is 35.4 Å². The van der Waals surface area contributed by atoms with Crippen molar-refractivity contribution in [3.8, 4) is 11.1 Å². The van der Waals surface area contributed by atoms with E-state index in [4.69, 9.17) is 33.2 Å². The number of alkyl halides is 2. The van der Waals surface area contributed by atoms with Gasteiger partial charge in [-0.1, -0.05) is 111 Å². The van der Waals surface area contributed by atoms with Gasteiger partial charge in [-0.2, -0.15) is 0 Å². The van der Waals surface area contributed by atoms with Crippen molar-refractivity contribution in [2.75, 3.05) is 23.9 Å². The highest BCUT2D eigenvalue weighted by molar-refractivity contribution is 9.10. The van der Waals surface area contributed by atoms with Crippen LogP contribution in [0, 0.1) is 25.5 Å². The minimum Gasteiger partial charge on any atom is -0.423 e. The molecule has 360 valence electrons. The molecule has 6 aromatic rings. The molecular formula is C44H44BBrCl2F2N6O8S4. The number of nitrogens with zero attached hydrogens (tertiary/aromatic N) is 4. The maximum atomic E-state index is 14.0. The molecule has 2 heterocycles. The Morgan fingerprint density at radius 2 is 1.10 bits per heavy atom. The number of aryl methyl sites for hydroxylation is 2. The Morgan fingerprint density at radius 1 is 0.706 bits per heavy atom. The van der Waals surface area contributed by atoms with Crippen LogP contribution in [0.2, 0.25) is 0 Å². The lowest BCUT2D eigenvalue weighted by Gasteiger charge is -2.14. The monoisotopic (exact) mass is 1110 g/mol. The molecule has 4 N–H and O–H groups in total. The van der Waals surface area contributed by atoms with E-state index in [9.17, 15) is 35.2 Å². The quantitative estimate of drug-likeness (QED) is 0.0672. The normalized spacial score (nSPS) is 17.2. The van der Waals surface area contributed by atoms with Gasteiger partial charge in [0, 0.05) is 41.7 Å². The largest absolute Gasteiger partial charge is 0.491 e. The van der Waals surface area contributed by atoms with E-state index >= 15 is 0 Å². The first-order valence-corrected chi connectivity index (χ1v) is 26.8. The summed E-state index contributed by atoms with van der Waals surface area (Å²) in [6.07, 6.45) is 1.53. The number of carbonyl (C=O) groups is 2. The van der Waals surface area contributed by atoms with Crippen LogP contribution >= 0.6 is 61.8 Å². The van der Waals surface area contributed by atoms with Crippen molar-refractivity contribution >= 4 is 117 Å². The van der Waals surface area contributed by atoms with E-state index in [2.05, 4.69) is 35.3 Å². The average Bonchev–Trinajstić information content (AvgIpc) is 4.03. The number of benzene rings is 4. The number of carbonyl (C=O) groups excluding carboxylic acids is 2.